The Morgan fingerprint density at radius 2 is 0.935 bits per heavy atom. The summed E-state index contributed by atoms with van der Waals surface area (Å²) in [6.07, 6.45) is 0. The van der Waals surface area contributed by atoms with Crippen LogP contribution in [0.4, 0.5) is 0 Å². The van der Waals surface area contributed by atoms with Gasteiger partial charge in [-0.2, -0.15) is 5.10 Å². The molecule has 2 aliphatic carbocycles. The van der Waals surface area contributed by atoms with Gasteiger partial charge in [-0.05, 0) is 96.6 Å². The first-order valence-electron chi connectivity index (χ1n) is 21.3. The Bertz CT molecular complexity index is 3490. The SMILES string of the molecule is c1ccc(-c2nc(-c3cccc4c3sc3ccccc34)nn2Cc2cccc(-c3ccc(-c4ccc5c(c4)C4(c6ccccc6-c6ccccc64)c4ccccc4-5)cc3)c2)cc1. The highest BCUT2D eigenvalue weighted by Gasteiger charge is 2.51. The molecule has 1 spiro atoms. The lowest BCUT2D eigenvalue weighted by molar-refractivity contribution is 0.695. The van der Waals surface area contributed by atoms with Gasteiger partial charge in [-0.25, -0.2) is 9.67 Å². The molecule has 290 valence electrons. The summed E-state index contributed by atoms with van der Waals surface area (Å²) in [6, 6.07) is 77.6. The number of nitrogens with zero attached hydrogens (tertiary/aromatic N) is 3. The Morgan fingerprint density at radius 1 is 0.403 bits per heavy atom. The Hall–Kier alpha value is -7.66. The monoisotopic (exact) mass is 807 g/mol. The molecule has 9 aromatic carbocycles. The zero-order valence-electron chi connectivity index (χ0n) is 33.7. The minimum absolute atomic E-state index is 0.354. The molecule has 0 atom stereocenters. The number of hydrogen-bond acceptors (Lipinski definition) is 3. The molecular weight excluding hydrogens is 771 g/mol. The maximum Gasteiger partial charge on any atom is 0.183 e. The molecule has 0 saturated carbocycles. The van der Waals surface area contributed by atoms with Crippen molar-refractivity contribution in [3.05, 3.63) is 240 Å². The van der Waals surface area contributed by atoms with Gasteiger partial charge in [-0.1, -0.05) is 188 Å². The third-order valence-corrected chi connectivity index (χ3v) is 14.4. The van der Waals surface area contributed by atoms with Crippen LogP contribution in [0.15, 0.2) is 212 Å². The molecule has 3 nitrogen and oxygen atoms in total. The molecule has 0 bridgehead atoms. The van der Waals surface area contributed by atoms with E-state index >= 15 is 0 Å². The van der Waals surface area contributed by atoms with Crippen molar-refractivity contribution >= 4 is 31.5 Å². The van der Waals surface area contributed by atoms with E-state index in [-0.39, 0.29) is 5.41 Å². The first kappa shape index (κ1) is 35.1. The second-order valence-electron chi connectivity index (χ2n) is 16.5. The maximum absolute atomic E-state index is 5.22. The van der Waals surface area contributed by atoms with Crippen LogP contribution in [0.25, 0.3) is 87.5 Å². The fourth-order valence-corrected chi connectivity index (χ4v) is 11.7. The van der Waals surface area contributed by atoms with Crippen LogP contribution in [0.5, 0.6) is 0 Å². The largest absolute Gasteiger partial charge is 0.241 e. The van der Waals surface area contributed by atoms with Gasteiger partial charge in [0.2, 0.25) is 0 Å². The molecule has 0 radical (unpaired) electrons. The van der Waals surface area contributed by atoms with Crippen LogP contribution >= 0.6 is 11.3 Å². The molecule has 62 heavy (non-hydrogen) atoms. The first-order valence-corrected chi connectivity index (χ1v) is 22.1. The number of aromatic nitrogens is 3. The zero-order valence-corrected chi connectivity index (χ0v) is 34.5. The Labute approximate surface area is 363 Å². The minimum Gasteiger partial charge on any atom is -0.241 e. The summed E-state index contributed by atoms with van der Waals surface area (Å²) < 4.78 is 4.56. The summed E-state index contributed by atoms with van der Waals surface area (Å²) in [5.41, 5.74) is 18.5. The van der Waals surface area contributed by atoms with Crippen molar-refractivity contribution < 1.29 is 0 Å². The third-order valence-electron chi connectivity index (χ3n) is 13.2. The van der Waals surface area contributed by atoms with Crippen LogP contribution in [0.2, 0.25) is 0 Å². The lowest BCUT2D eigenvalue weighted by atomic mass is 9.70. The van der Waals surface area contributed by atoms with Crippen molar-refractivity contribution in [1.82, 2.24) is 14.8 Å². The molecule has 0 fully saturated rings. The van der Waals surface area contributed by atoms with Gasteiger partial charge in [0.25, 0.3) is 0 Å². The molecule has 11 aromatic rings. The smallest absolute Gasteiger partial charge is 0.183 e. The van der Waals surface area contributed by atoms with E-state index in [0.717, 1.165) is 22.8 Å². The third kappa shape index (κ3) is 5.17. The van der Waals surface area contributed by atoms with E-state index in [2.05, 4.69) is 211 Å². The highest BCUT2D eigenvalue weighted by molar-refractivity contribution is 7.26. The Balaban J connectivity index is 0.851. The highest BCUT2D eigenvalue weighted by Crippen LogP contribution is 2.63. The minimum atomic E-state index is -0.354. The number of rotatable bonds is 6. The van der Waals surface area contributed by atoms with Crippen LogP contribution in [-0.2, 0) is 12.0 Å². The lowest BCUT2D eigenvalue weighted by Crippen LogP contribution is -2.25. The average molecular weight is 808 g/mol. The summed E-state index contributed by atoms with van der Waals surface area (Å²) in [7, 11) is 0. The van der Waals surface area contributed by atoms with E-state index in [9.17, 15) is 0 Å². The molecule has 0 amide bonds. The normalized spacial score (nSPS) is 13.0. The predicted octanol–water partition coefficient (Wildman–Crippen LogP) is 14.7. The summed E-state index contributed by atoms with van der Waals surface area (Å²) in [5, 5.41) is 7.74. The molecule has 0 saturated heterocycles. The van der Waals surface area contributed by atoms with Gasteiger partial charge in [0.1, 0.15) is 0 Å². The van der Waals surface area contributed by atoms with Crippen LogP contribution in [0.1, 0.15) is 27.8 Å². The summed E-state index contributed by atoms with van der Waals surface area (Å²) in [4.78, 5) is 5.22. The van der Waals surface area contributed by atoms with Gasteiger partial charge < -0.3 is 0 Å². The van der Waals surface area contributed by atoms with Crippen LogP contribution in [0.3, 0.4) is 0 Å². The molecule has 2 aromatic heterocycles. The van der Waals surface area contributed by atoms with Crippen molar-refractivity contribution in [2.24, 2.45) is 0 Å². The van der Waals surface area contributed by atoms with Gasteiger partial charge in [-0.15, -0.1) is 11.3 Å². The number of hydrogen-bond donors (Lipinski definition) is 0. The van der Waals surface area contributed by atoms with E-state index in [0.29, 0.717) is 6.54 Å². The molecule has 2 heterocycles. The van der Waals surface area contributed by atoms with Crippen molar-refractivity contribution in [2.45, 2.75) is 12.0 Å². The molecule has 4 heteroatoms. The van der Waals surface area contributed by atoms with Gasteiger partial charge in [0.15, 0.2) is 11.6 Å². The van der Waals surface area contributed by atoms with Crippen molar-refractivity contribution in [2.75, 3.05) is 0 Å². The van der Waals surface area contributed by atoms with E-state index < -0.39 is 0 Å². The van der Waals surface area contributed by atoms with Gasteiger partial charge in [0.05, 0.1) is 12.0 Å². The molecule has 13 rings (SSSR count). The fourth-order valence-electron chi connectivity index (χ4n) is 10.4. The van der Waals surface area contributed by atoms with E-state index in [1.165, 1.54) is 92.5 Å². The first-order chi connectivity index (χ1) is 30.7. The molecule has 0 unspecified atom stereocenters. The second kappa shape index (κ2) is 13.7. The predicted molar refractivity (Wildman–Crippen MR) is 256 cm³/mol. The molecule has 0 N–H and O–H groups in total. The van der Waals surface area contributed by atoms with E-state index in [1.54, 1.807) is 0 Å². The van der Waals surface area contributed by atoms with Crippen molar-refractivity contribution in [3.8, 4) is 67.3 Å². The summed E-state index contributed by atoms with van der Waals surface area (Å²) in [6.45, 7) is 0.594. The van der Waals surface area contributed by atoms with Crippen LogP contribution in [0, 0.1) is 0 Å². The topological polar surface area (TPSA) is 30.7 Å². The Morgan fingerprint density at radius 3 is 1.65 bits per heavy atom. The second-order valence-corrected chi connectivity index (χ2v) is 17.5. The summed E-state index contributed by atoms with van der Waals surface area (Å²) in [5.74, 6) is 1.60. The van der Waals surface area contributed by atoms with Gasteiger partial charge in [0, 0.05) is 31.3 Å². The zero-order chi connectivity index (χ0) is 40.8. The van der Waals surface area contributed by atoms with Gasteiger partial charge >= 0.3 is 0 Å². The average Bonchev–Trinajstić information content (AvgIpc) is 4.09. The number of fused-ring (bicyclic) bond motifs is 13. The summed E-state index contributed by atoms with van der Waals surface area (Å²) >= 11 is 1.81. The van der Waals surface area contributed by atoms with Crippen molar-refractivity contribution in [3.63, 3.8) is 0 Å². The molecular formula is C58H37N3S. The lowest BCUT2D eigenvalue weighted by Gasteiger charge is -2.30. The molecule has 0 aliphatic heterocycles. The fraction of sp³-hybridized carbons (Fsp3) is 0.0345. The van der Waals surface area contributed by atoms with Crippen LogP contribution < -0.4 is 0 Å². The standard InChI is InChI=1S/C58H37N3S/c1-2-15-40(16-3-1)57-59-56(49-23-13-22-48-47-21-7-11-27-54(47)62-55(48)49)60-61(57)36-37-14-12-17-41(34-37)38-28-30-39(31-29-38)42-32-33-46-45-20-6-10-26-52(45)58(53(46)35-42)50-24-8-4-18-43(50)44-19-5-9-25-51(44)58/h1-35H,36H2. The highest BCUT2D eigenvalue weighted by atomic mass is 32.1. The van der Waals surface area contributed by atoms with Crippen LogP contribution in [-0.4, -0.2) is 14.8 Å². The number of thiophene rings is 1. The number of benzene rings is 9. The van der Waals surface area contributed by atoms with E-state index in [1.807, 2.05) is 17.4 Å². The van der Waals surface area contributed by atoms with E-state index in [4.69, 9.17) is 10.1 Å². The van der Waals surface area contributed by atoms with Crippen molar-refractivity contribution in [1.29, 1.82) is 0 Å². The quantitative estimate of drug-likeness (QED) is 0.168. The molecule has 2 aliphatic rings. The Kier molecular flexibility index (Phi) is 7.75. The maximum atomic E-state index is 5.22. The van der Waals surface area contributed by atoms with Gasteiger partial charge in [-0.3, -0.25) is 0 Å².